The Kier molecular flexibility index (Phi) is 6.93. The van der Waals surface area contributed by atoms with Crippen molar-refractivity contribution in [1.82, 2.24) is 5.16 Å². The van der Waals surface area contributed by atoms with Crippen molar-refractivity contribution in [3.8, 4) is 28.8 Å². The summed E-state index contributed by atoms with van der Waals surface area (Å²) in [5.74, 6) is 5.90. The lowest BCUT2D eigenvalue weighted by molar-refractivity contribution is 0.0697. The van der Waals surface area contributed by atoms with Gasteiger partial charge in [-0.2, -0.15) is 0 Å². The average Bonchev–Trinajstić information content (AvgIpc) is 3.60. The highest BCUT2D eigenvalue weighted by molar-refractivity contribution is 6.39. The molecule has 1 saturated carbocycles. The molecule has 1 fully saturated rings. The Morgan fingerprint density at radius 3 is 2.64 bits per heavy atom. The molecule has 0 unspecified atom stereocenters. The van der Waals surface area contributed by atoms with Crippen LogP contribution in [0.5, 0.6) is 5.75 Å². The Balaban J connectivity index is 1.32. The maximum atomic E-state index is 11.1. The molecular weight excluding hydrogens is 521 g/mol. The molecular formula is C28H18Cl3NO4. The van der Waals surface area contributed by atoms with E-state index < -0.39 is 5.97 Å². The highest BCUT2D eigenvalue weighted by Gasteiger charge is 2.29. The standard InChI is InChI=1S/C28H18Cl3NO4/c29-23-11-10-22(17-6-7-17)26(31)25(23)27-20(15-36-32-27)14-35-21-9-8-18(24(30)13-21)5-4-16-2-1-3-19(12-16)28(33)34/h1-3,8-13,15,17H,6-7,14H2,(H,33,34). The Morgan fingerprint density at radius 2 is 1.89 bits per heavy atom. The molecule has 1 N–H and O–H groups in total. The van der Waals surface area contributed by atoms with Crippen LogP contribution >= 0.6 is 34.8 Å². The van der Waals surface area contributed by atoms with Crippen LogP contribution in [0.3, 0.4) is 0 Å². The van der Waals surface area contributed by atoms with Gasteiger partial charge in [-0.1, -0.05) is 63.9 Å². The van der Waals surface area contributed by atoms with Gasteiger partial charge in [-0.3, -0.25) is 0 Å². The van der Waals surface area contributed by atoms with Gasteiger partial charge in [0.05, 0.1) is 26.2 Å². The number of ether oxygens (including phenoxy) is 1. The van der Waals surface area contributed by atoms with Gasteiger partial charge in [0.1, 0.15) is 24.3 Å². The van der Waals surface area contributed by atoms with Crippen molar-refractivity contribution in [3.63, 3.8) is 0 Å². The van der Waals surface area contributed by atoms with Crippen LogP contribution < -0.4 is 4.74 Å². The summed E-state index contributed by atoms with van der Waals surface area (Å²) < 4.78 is 11.2. The molecule has 4 aromatic rings. The van der Waals surface area contributed by atoms with E-state index in [-0.39, 0.29) is 12.2 Å². The lowest BCUT2D eigenvalue weighted by atomic mass is 10.0. The van der Waals surface area contributed by atoms with E-state index in [1.165, 1.54) is 18.4 Å². The second-order valence-electron chi connectivity index (χ2n) is 8.35. The molecule has 1 heterocycles. The van der Waals surface area contributed by atoms with Gasteiger partial charge in [0.25, 0.3) is 0 Å². The maximum Gasteiger partial charge on any atom is 0.335 e. The van der Waals surface area contributed by atoms with Gasteiger partial charge < -0.3 is 14.4 Å². The molecule has 1 aliphatic carbocycles. The Labute approximate surface area is 222 Å². The van der Waals surface area contributed by atoms with E-state index in [0.29, 0.717) is 54.7 Å². The average molecular weight is 539 g/mol. The molecule has 5 nitrogen and oxygen atoms in total. The second-order valence-corrected chi connectivity index (χ2v) is 9.55. The zero-order valence-corrected chi connectivity index (χ0v) is 21.0. The number of benzene rings is 3. The quantitative estimate of drug-likeness (QED) is 0.253. The molecule has 0 saturated heterocycles. The van der Waals surface area contributed by atoms with Gasteiger partial charge in [-0.05, 0) is 60.7 Å². The third-order valence-corrected chi connectivity index (χ3v) is 6.84. The topological polar surface area (TPSA) is 72.6 Å². The minimum Gasteiger partial charge on any atom is -0.489 e. The van der Waals surface area contributed by atoms with Gasteiger partial charge in [0.15, 0.2) is 0 Å². The van der Waals surface area contributed by atoms with Gasteiger partial charge in [-0.25, -0.2) is 4.79 Å². The number of aromatic carboxylic acids is 1. The van der Waals surface area contributed by atoms with E-state index in [0.717, 1.165) is 18.4 Å². The van der Waals surface area contributed by atoms with E-state index >= 15 is 0 Å². The van der Waals surface area contributed by atoms with Crippen molar-refractivity contribution in [2.24, 2.45) is 0 Å². The molecule has 3 aromatic carbocycles. The molecule has 0 spiro atoms. The largest absolute Gasteiger partial charge is 0.489 e. The highest BCUT2D eigenvalue weighted by Crippen LogP contribution is 2.48. The number of hydrogen-bond donors (Lipinski definition) is 1. The van der Waals surface area contributed by atoms with Crippen LogP contribution in [-0.4, -0.2) is 16.2 Å². The SMILES string of the molecule is O=C(O)c1cccc(C#Cc2ccc(OCc3conc3-c3c(Cl)ccc(C4CC4)c3Cl)cc2Cl)c1. The minimum absolute atomic E-state index is 0.169. The summed E-state index contributed by atoms with van der Waals surface area (Å²) in [4.78, 5) is 11.1. The van der Waals surface area contributed by atoms with Crippen molar-refractivity contribution >= 4 is 40.8 Å². The first kappa shape index (κ1) is 24.3. The third-order valence-electron chi connectivity index (χ3n) is 5.80. The number of carboxylic acid groups (broad SMARTS) is 1. The van der Waals surface area contributed by atoms with Crippen LogP contribution in [0.1, 0.15) is 51.4 Å². The van der Waals surface area contributed by atoms with Gasteiger partial charge in [0, 0.05) is 22.8 Å². The fourth-order valence-electron chi connectivity index (χ4n) is 3.78. The van der Waals surface area contributed by atoms with E-state index in [1.54, 1.807) is 30.3 Å². The van der Waals surface area contributed by atoms with Crippen LogP contribution in [0, 0.1) is 11.8 Å². The first-order valence-electron chi connectivity index (χ1n) is 11.1. The number of carboxylic acids is 1. The third kappa shape index (κ3) is 5.22. The maximum absolute atomic E-state index is 11.1. The lowest BCUT2D eigenvalue weighted by Gasteiger charge is -2.11. The number of halogens is 3. The van der Waals surface area contributed by atoms with Crippen LogP contribution in [0.4, 0.5) is 0 Å². The molecule has 180 valence electrons. The van der Waals surface area contributed by atoms with E-state index in [2.05, 4.69) is 17.0 Å². The fraction of sp³-hybridized carbons (Fsp3) is 0.143. The van der Waals surface area contributed by atoms with E-state index in [9.17, 15) is 4.79 Å². The van der Waals surface area contributed by atoms with Crippen molar-refractivity contribution in [2.75, 3.05) is 0 Å². The summed E-state index contributed by atoms with van der Waals surface area (Å²) in [6.07, 6.45) is 3.75. The summed E-state index contributed by atoms with van der Waals surface area (Å²) in [6, 6.07) is 15.4. The zero-order valence-electron chi connectivity index (χ0n) is 18.7. The summed E-state index contributed by atoms with van der Waals surface area (Å²) in [6.45, 7) is 0.169. The summed E-state index contributed by atoms with van der Waals surface area (Å²) >= 11 is 19.6. The normalized spacial score (nSPS) is 12.6. The zero-order chi connectivity index (χ0) is 25.2. The van der Waals surface area contributed by atoms with E-state index in [1.807, 2.05) is 12.1 Å². The monoisotopic (exact) mass is 537 g/mol. The molecule has 0 amide bonds. The van der Waals surface area contributed by atoms with Crippen LogP contribution in [0.25, 0.3) is 11.3 Å². The molecule has 5 rings (SSSR count). The number of rotatable bonds is 6. The van der Waals surface area contributed by atoms with Crippen LogP contribution in [-0.2, 0) is 6.61 Å². The number of nitrogens with zero attached hydrogens (tertiary/aromatic N) is 1. The van der Waals surface area contributed by atoms with Crippen molar-refractivity contribution in [3.05, 3.63) is 104 Å². The minimum atomic E-state index is -1.01. The Bertz CT molecular complexity index is 1530. The predicted octanol–water partition coefficient (Wildman–Crippen LogP) is 7.86. The summed E-state index contributed by atoms with van der Waals surface area (Å²) in [7, 11) is 0. The van der Waals surface area contributed by atoms with Gasteiger partial charge >= 0.3 is 5.97 Å². The number of hydrogen-bond acceptors (Lipinski definition) is 4. The first-order chi connectivity index (χ1) is 17.4. The molecule has 1 aromatic heterocycles. The van der Waals surface area contributed by atoms with Gasteiger partial charge in [0.2, 0.25) is 0 Å². The number of carbonyl (C=O) groups is 1. The lowest BCUT2D eigenvalue weighted by Crippen LogP contribution is -1.98. The molecule has 0 radical (unpaired) electrons. The molecule has 0 atom stereocenters. The highest BCUT2D eigenvalue weighted by atomic mass is 35.5. The second kappa shape index (κ2) is 10.3. The molecule has 8 heteroatoms. The number of aromatic nitrogens is 1. The van der Waals surface area contributed by atoms with Gasteiger partial charge in [-0.15, -0.1) is 0 Å². The smallest absolute Gasteiger partial charge is 0.335 e. The van der Waals surface area contributed by atoms with Crippen LogP contribution in [0.15, 0.2) is 65.4 Å². The summed E-state index contributed by atoms with van der Waals surface area (Å²) in [5, 5.41) is 14.8. The fourth-order valence-corrected chi connectivity index (χ4v) is 4.70. The first-order valence-corrected chi connectivity index (χ1v) is 12.2. The summed E-state index contributed by atoms with van der Waals surface area (Å²) in [5.41, 5.74) is 4.30. The van der Waals surface area contributed by atoms with E-state index in [4.69, 9.17) is 49.2 Å². The molecule has 0 aliphatic heterocycles. The predicted molar refractivity (Wildman–Crippen MR) is 139 cm³/mol. The van der Waals surface area contributed by atoms with Crippen molar-refractivity contribution in [1.29, 1.82) is 0 Å². The van der Waals surface area contributed by atoms with Crippen molar-refractivity contribution < 1.29 is 19.2 Å². The Hall–Kier alpha value is -3.43. The van der Waals surface area contributed by atoms with Crippen molar-refractivity contribution in [2.45, 2.75) is 25.4 Å². The molecule has 0 bridgehead atoms. The van der Waals surface area contributed by atoms with Crippen LogP contribution in [0.2, 0.25) is 15.1 Å². The molecule has 1 aliphatic rings. The Morgan fingerprint density at radius 1 is 1.06 bits per heavy atom. The molecule has 36 heavy (non-hydrogen) atoms.